The summed E-state index contributed by atoms with van der Waals surface area (Å²) in [4.78, 5) is 23.7. The Morgan fingerprint density at radius 2 is 1.67 bits per heavy atom. The smallest absolute Gasteiger partial charge is 0.265 e. The number of hydrogen-bond donors (Lipinski definition) is 1. The van der Waals surface area contributed by atoms with Crippen molar-refractivity contribution in [3.05, 3.63) is 124 Å². The summed E-state index contributed by atoms with van der Waals surface area (Å²) in [7, 11) is 0. The van der Waals surface area contributed by atoms with Crippen LogP contribution in [0.3, 0.4) is 0 Å². The van der Waals surface area contributed by atoms with Gasteiger partial charge in [0, 0.05) is 11.6 Å². The van der Waals surface area contributed by atoms with Gasteiger partial charge in [-0.05, 0) is 47.5 Å². The Morgan fingerprint density at radius 3 is 2.47 bits per heavy atom. The van der Waals surface area contributed by atoms with Crippen LogP contribution in [0.15, 0.2) is 102 Å². The second kappa shape index (κ2) is 9.63. The average Bonchev–Trinajstić information content (AvgIpc) is 3.34. The van der Waals surface area contributed by atoms with Gasteiger partial charge in [-0.3, -0.25) is 14.9 Å². The van der Waals surface area contributed by atoms with Crippen molar-refractivity contribution in [2.24, 2.45) is 5.10 Å². The highest BCUT2D eigenvalue weighted by Crippen LogP contribution is 2.28. The summed E-state index contributed by atoms with van der Waals surface area (Å²) < 4.78 is 1.75. The van der Waals surface area contributed by atoms with E-state index in [2.05, 4.69) is 21.7 Å². The Bertz CT molecular complexity index is 1640. The number of nitrogens with one attached hydrogen (secondary N) is 1. The molecule has 0 aliphatic carbocycles. The van der Waals surface area contributed by atoms with Crippen molar-refractivity contribution in [2.75, 3.05) is 0 Å². The van der Waals surface area contributed by atoms with E-state index in [9.17, 15) is 14.9 Å². The molecule has 36 heavy (non-hydrogen) atoms. The highest BCUT2D eigenvalue weighted by Gasteiger charge is 2.18. The first-order valence-corrected chi connectivity index (χ1v) is 11.2. The number of carbonyl (C=O) groups excluding carboxylic acids is 1. The number of para-hydroxylation sites is 2. The number of nitro benzene ring substituents is 1. The fourth-order valence-electron chi connectivity index (χ4n) is 4.01. The molecule has 0 atom stereocenters. The molecule has 0 saturated carbocycles. The Hall–Kier alpha value is -5.11. The molecule has 5 rings (SSSR count). The van der Waals surface area contributed by atoms with Crippen molar-refractivity contribution >= 4 is 28.6 Å². The fraction of sp³-hybridized carbons (Fsp3) is 0.0357. The number of aromatic nitrogens is 2. The van der Waals surface area contributed by atoms with Crippen LogP contribution >= 0.6 is 0 Å². The number of carbonyl (C=O) groups is 1. The van der Waals surface area contributed by atoms with E-state index in [0.29, 0.717) is 0 Å². The van der Waals surface area contributed by atoms with E-state index < -0.39 is 10.8 Å². The van der Waals surface area contributed by atoms with Crippen LogP contribution in [0.2, 0.25) is 0 Å². The molecule has 8 heteroatoms. The predicted molar refractivity (Wildman–Crippen MR) is 139 cm³/mol. The zero-order valence-electron chi connectivity index (χ0n) is 19.3. The first-order chi connectivity index (χ1) is 17.5. The summed E-state index contributed by atoms with van der Waals surface area (Å²) in [5, 5.41) is 21.9. The number of aryl methyl sites for hydroxylation is 1. The first kappa shape index (κ1) is 22.7. The highest BCUT2D eigenvalue weighted by atomic mass is 16.6. The molecule has 1 N–H and O–H groups in total. The van der Waals surface area contributed by atoms with Crippen LogP contribution < -0.4 is 5.43 Å². The van der Waals surface area contributed by atoms with Crippen LogP contribution in [0, 0.1) is 17.0 Å². The normalized spacial score (nSPS) is 11.1. The van der Waals surface area contributed by atoms with Crippen molar-refractivity contribution in [1.29, 1.82) is 0 Å². The summed E-state index contributed by atoms with van der Waals surface area (Å²) in [6, 6.07) is 29.8. The van der Waals surface area contributed by atoms with Crippen LogP contribution in [0.25, 0.3) is 27.7 Å². The van der Waals surface area contributed by atoms with Gasteiger partial charge in [-0.15, -0.1) is 0 Å². The largest absolute Gasteiger partial charge is 0.291 e. The van der Waals surface area contributed by atoms with Crippen molar-refractivity contribution < 1.29 is 9.72 Å². The summed E-state index contributed by atoms with van der Waals surface area (Å²) >= 11 is 0. The number of hydrogen-bond acceptors (Lipinski definition) is 5. The van der Waals surface area contributed by atoms with Gasteiger partial charge in [0.05, 0.1) is 28.1 Å². The van der Waals surface area contributed by atoms with E-state index in [0.717, 1.165) is 33.3 Å². The maximum absolute atomic E-state index is 12.9. The van der Waals surface area contributed by atoms with Crippen molar-refractivity contribution in [3.63, 3.8) is 0 Å². The van der Waals surface area contributed by atoms with Gasteiger partial charge in [0.25, 0.3) is 11.6 Å². The van der Waals surface area contributed by atoms with E-state index in [1.54, 1.807) is 28.9 Å². The molecule has 0 unspecified atom stereocenters. The Balaban J connectivity index is 1.51. The van der Waals surface area contributed by atoms with Crippen LogP contribution in [0.5, 0.6) is 0 Å². The van der Waals surface area contributed by atoms with Gasteiger partial charge in [0.15, 0.2) is 5.69 Å². The zero-order valence-corrected chi connectivity index (χ0v) is 19.3. The fourth-order valence-corrected chi connectivity index (χ4v) is 4.01. The summed E-state index contributed by atoms with van der Waals surface area (Å²) in [5.74, 6) is -0.529. The van der Waals surface area contributed by atoms with Crippen LogP contribution in [-0.4, -0.2) is 26.8 Å². The van der Waals surface area contributed by atoms with Gasteiger partial charge in [0.1, 0.15) is 0 Å². The monoisotopic (exact) mass is 475 g/mol. The number of fused-ring (bicyclic) bond motifs is 1. The van der Waals surface area contributed by atoms with Gasteiger partial charge in [-0.1, -0.05) is 66.7 Å². The molecular weight excluding hydrogens is 454 g/mol. The molecule has 0 saturated heterocycles. The zero-order chi connectivity index (χ0) is 25.1. The Labute approximate surface area is 206 Å². The highest BCUT2D eigenvalue weighted by molar-refractivity contribution is 5.95. The maximum Gasteiger partial charge on any atom is 0.291 e. The van der Waals surface area contributed by atoms with Gasteiger partial charge < -0.3 is 0 Å². The van der Waals surface area contributed by atoms with E-state index in [1.807, 2.05) is 67.6 Å². The predicted octanol–water partition coefficient (Wildman–Crippen LogP) is 5.67. The molecule has 0 bridgehead atoms. The lowest BCUT2D eigenvalue weighted by Crippen LogP contribution is -2.18. The summed E-state index contributed by atoms with van der Waals surface area (Å²) in [6.45, 7) is 1.98. The lowest BCUT2D eigenvalue weighted by atomic mass is 10.0. The molecule has 0 spiro atoms. The van der Waals surface area contributed by atoms with Crippen molar-refractivity contribution in [3.8, 4) is 16.9 Å². The first-order valence-electron chi connectivity index (χ1n) is 11.2. The van der Waals surface area contributed by atoms with E-state index >= 15 is 0 Å². The molecule has 0 fully saturated rings. The third-order valence-corrected chi connectivity index (χ3v) is 5.83. The van der Waals surface area contributed by atoms with E-state index in [1.165, 1.54) is 12.3 Å². The quantitative estimate of drug-likeness (QED) is 0.194. The second-order valence-electron chi connectivity index (χ2n) is 8.19. The molecule has 1 heterocycles. The minimum Gasteiger partial charge on any atom is -0.265 e. The van der Waals surface area contributed by atoms with E-state index in [4.69, 9.17) is 0 Å². The number of benzene rings is 4. The van der Waals surface area contributed by atoms with Gasteiger partial charge in [-0.25, -0.2) is 10.1 Å². The lowest BCUT2D eigenvalue weighted by molar-refractivity contribution is -0.385. The third-order valence-electron chi connectivity index (χ3n) is 5.83. The molecule has 176 valence electrons. The molecule has 4 aromatic carbocycles. The summed E-state index contributed by atoms with van der Waals surface area (Å²) in [5.41, 5.74) is 6.30. The molecule has 8 nitrogen and oxygen atoms in total. The number of rotatable bonds is 6. The maximum atomic E-state index is 12.9. The minimum absolute atomic E-state index is 0.0991. The molecule has 1 amide bonds. The lowest BCUT2D eigenvalue weighted by Gasteiger charge is -2.11. The van der Waals surface area contributed by atoms with Crippen LogP contribution in [-0.2, 0) is 0 Å². The number of nitro groups is 1. The van der Waals surface area contributed by atoms with Gasteiger partial charge >= 0.3 is 0 Å². The van der Waals surface area contributed by atoms with Crippen LogP contribution in [0.4, 0.5) is 5.69 Å². The SMILES string of the molecule is Cc1ccccc1-n1nc(C(=O)N/N=C\c2ccccc2[N+](=O)[O-])cc1-c1ccc2ccccc2c1. The Morgan fingerprint density at radius 1 is 0.944 bits per heavy atom. The number of nitrogens with zero attached hydrogens (tertiary/aromatic N) is 4. The van der Waals surface area contributed by atoms with Gasteiger partial charge in [-0.2, -0.15) is 10.2 Å². The molecule has 1 aromatic heterocycles. The van der Waals surface area contributed by atoms with Crippen LogP contribution in [0.1, 0.15) is 21.6 Å². The Kier molecular flexibility index (Phi) is 6.07. The molecule has 0 aliphatic rings. The number of amides is 1. The van der Waals surface area contributed by atoms with E-state index in [-0.39, 0.29) is 16.9 Å². The molecule has 0 aliphatic heterocycles. The average molecular weight is 476 g/mol. The number of hydrazone groups is 1. The third kappa shape index (κ3) is 4.47. The van der Waals surface area contributed by atoms with Crippen molar-refractivity contribution in [1.82, 2.24) is 15.2 Å². The minimum atomic E-state index is -0.529. The molecule has 5 aromatic rings. The second-order valence-corrected chi connectivity index (χ2v) is 8.19. The standard InChI is InChI=1S/C28H21N5O3/c1-19-8-2-6-12-25(19)32-27(22-15-14-20-9-3-4-10-21(20)16-22)17-24(31-32)28(34)30-29-18-23-11-5-7-13-26(23)33(35)36/h2-18H,1H3,(H,30,34)/b29-18-. The van der Waals surface area contributed by atoms with Gasteiger partial charge in [0.2, 0.25) is 0 Å². The molecular formula is C28H21N5O3. The molecule has 0 radical (unpaired) electrons. The summed E-state index contributed by atoms with van der Waals surface area (Å²) in [6.07, 6.45) is 1.25. The van der Waals surface area contributed by atoms with Crippen molar-refractivity contribution in [2.45, 2.75) is 6.92 Å². The topological polar surface area (TPSA) is 102 Å².